The number of hydrogen-bond acceptors (Lipinski definition) is 3. The van der Waals surface area contributed by atoms with Crippen LogP contribution in [0.4, 0.5) is 15.8 Å². The summed E-state index contributed by atoms with van der Waals surface area (Å²) in [7, 11) is 0. The van der Waals surface area contributed by atoms with E-state index >= 15 is 0 Å². The second-order valence-corrected chi connectivity index (χ2v) is 5.31. The van der Waals surface area contributed by atoms with Crippen LogP contribution in [0.5, 0.6) is 0 Å². The van der Waals surface area contributed by atoms with Gasteiger partial charge < -0.3 is 15.5 Å². The molecule has 6 heteroatoms. The lowest BCUT2D eigenvalue weighted by molar-refractivity contribution is 0.0695. The van der Waals surface area contributed by atoms with Crippen LogP contribution in [0.15, 0.2) is 24.3 Å². The van der Waals surface area contributed by atoms with Gasteiger partial charge in [-0.2, -0.15) is 0 Å². The van der Waals surface area contributed by atoms with Gasteiger partial charge in [-0.1, -0.05) is 0 Å². The fraction of sp³-hybridized carbons (Fsp3) is 0.176. The highest BCUT2D eigenvalue weighted by molar-refractivity contribution is 6.02. The third-order valence-corrected chi connectivity index (χ3v) is 3.66. The second-order valence-electron chi connectivity index (χ2n) is 5.31. The molecule has 120 valence electrons. The van der Waals surface area contributed by atoms with Crippen molar-refractivity contribution in [3.05, 3.63) is 57.9 Å². The summed E-state index contributed by atoms with van der Waals surface area (Å²) in [6.07, 6.45) is 0. The zero-order valence-corrected chi connectivity index (χ0v) is 12.9. The third-order valence-electron chi connectivity index (χ3n) is 3.66. The number of carboxylic acid groups (broad SMARTS) is 2. The number of aryl methyl sites for hydroxylation is 2. The van der Waals surface area contributed by atoms with E-state index in [4.69, 9.17) is 0 Å². The van der Waals surface area contributed by atoms with Crippen molar-refractivity contribution in [2.24, 2.45) is 0 Å². The third kappa shape index (κ3) is 3.15. The number of carboxylic acids is 2. The van der Waals surface area contributed by atoms with Gasteiger partial charge in [0.25, 0.3) is 0 Å². The minimum Gasteiger partial charge on any atom is -0.478 e. The molecule has 0 fully saturated rings. The standard InChI is InChI=1S/C17H16FNO4/c1-8-6-11(18)4-5-12(8)19-13-7-9(2)14(16(20)21)10(3)15(13)17(22)23/h4-7,19H,1-3H3,(H,20,21)(H,22,23). The molecule has 2 rings (SSSR count). The molecule has 0 aliphatic heterocycles. The predicted molar refractivity (Wildman–Crippen MR) is 84.3 cm³/mol. The summed E-state index contributed by atoms with van der Waals surface area (Å²) in [4.78, 5) is 22.9. The van der Waals surface area contributed by atoms with Crippen molar-refractivity contribution in [2.45, 2.75) is 20.8 Å². The van der Waals surface area contributed by atoms with E-state index in [-0.39, 0.29) is 28.2 Å². The van der Waals surface area contributed by atoms with Gasteiger partial charge in [-0.05, 0) is 61.7 Å². The second kappa shape index (κ2) is 6.08. The molecule has 0 saturated carbocycles. The largest absolute Gasteiger partial charge is 0.478 e. The van der Waals surface area contributed by atoms with Crippen LogP contribution in [0, 0.1) is 26.6 Å². The van der Waals surface area contributed by atoms with E-state index in [0.717, 1.165) is 0 Å². The van der Waals surface area contributed by atoms with Crippen molar-refractivity contribution in [2.75, 3.05) is 5.32 Å². The van der Waals surface area contributed by atoms with E-state index in [2.05, 4.69) is 5.32 Å². The Labute approximate surface area is 132 Å². The molecule has 0 atom stereocenters. The summed E-state index contributed by atoms with van der Waals surface area (Å²) in [5, 5.41) is 21.7. The first kappa shape index (κ1) is 16.5. The number of carbonyl (C=O) groups is 2. The first-order chi connectivity index (χ1) is 10.7. The molecule has 0 unspecified atom stereocenters. The maximum atomic E-state index is 13.2. The highest BCUT2D eigenvalue weighted by Gasteiger charge is 2.22. The molecule has 0 aromatic heterocycles. The number of nitrogens with one attached hydrogen (secondary N) is 1. The van der Waals surface area contributed by atoms with Crippen LogP contribution < -0.4 is 5.32 Å². The first-order valence-electron chi connectivity index (χ1n) is 6.86. The zero-order valence-electron chi connectivity index (χ0n) is 12.9. The monoisotopic (exact) mass is 317 g/mol. The fourth-order valence-electron chi connectivity index (χ4n) is 2.60. The average Bonchev–Trinajstić information content (AvgIpc) is 2.40. The molecule has 0 heterocycles. The lowest BCUT2D eigenvalue weighted by Gasteiger charge is -2.17. The van der Waals surface area contributed by atoms with Crippen LogP contribution >= 0.6 is 0 Å². The first-order valence-corrected chi connectivity index (χ1v) is 6.86. The van der Waals surface area contributed by atoms with Crippen molar-refractivity contribution in [1.82, 2.24) is 0 Å². The Morgan fingerprint density at radius 3 is 2.04 bits per heavy atom. The van der Waals surface area contributed by atoms with Crippen LogP contribution in [-0.4, -0.2) is 22.2 Å². The van der Waals surface area contributed by atoms with E-state index in [1.165, 1.54) is 31.2 Å². The van der Waals surface area contributed by atoms with Gasteiger partial charge in [0, 0.05) is 5.69 Å². The number of anilines is 2. The Bertz CT molecular complexity index is 815. The Hall–Kier alpha value is -2.89. The Morgan fingerprint density at radius 2 is 1.52 bits per heavy atom. The predicted octanol–water partition coefficient (Wildman–Crippen LogP) is 3.89. The lowest BCUT2D eigenvalue weighted by Crippen LogP contribution is -2.12. The zero-order chi connectivity index (χ0) is 17.3. The van der Waals surface area contributed by atoms with Crippen LogP contribution in [0.2, 0.25) is 0 Å². The summed E-state index contributed by atoms with van der Waals surface area (Å²) < 4.78 is 13.2. The van der Waals surface area contributed by atoms with Crippen LogP contribution in [0.3, 0.4) is 0 Å². The Morgan fingerprint density at radius 1 is 0.913 bits per heavy atom. The number of hydrogen-bond donors (Lipinski definition) is 3. The van der Waals surface area contributed by atoms with Crippen LogP contribution in [0.25, 0.3) is 0 Å². The van der Waals surface area contributed by atoms with E-state index in [0.29, 0.717) is 16.8 Å². The molecule has 2 aromatic rings. The van der Waals surface area contributed by atoms with Crippen molar-refractivity contribution < 1.29 is 24.2 Å². The maximum Gasteiger partial charge on any atom is 0.338 e. The number of aromatic carboxylic acids is 2. The minimum absolute atomic E-state index is 0.0243. The molecule has 0 amide bonds. The molecule has 0 bridgehead atoms. The van der Waals surface area contributed by atoms with Crippen molar-refractivity contribution in [1.29, 1.82) is 0 Å². The molecule has 2 aromatic carbocycles. The van der Waals surface area contributed by atoms with E-state index < -0.39 is 11.9 Å². The summed E-state index contributed by atoms with van der Waals surface area (Å²) in [6.45, 7) is 4.75. The van der Waals surface area contributed by atoms with Gasteiger partial charge in [0.05, 0.1) is 16.8 Å². The molecular weight excluding hydrogens is 301 g/mol. The smallest absolute Gasteiger partial charge is 0.338 e. The van der Waals surface area contributed by atoms with Gasteiger partial charge in [0.1, 0.15) is 5.82 Å². The Balaban J connectivity index is 2.62. The maximum absolute atomic E-state index is 13.2. The van der Waals surface area contributed by atoms with Gasteiger partial charge >= 0.3 is 11.9 Å². The molecule has 5 nitrogen and oxygen atoms in total. The fourth-order valence-corrected chi connectivity index (χ4v) is 2.60. The molecule has 0 aliphatic rings. The molecule has 23 heavy (non-hydrogen) atoms. The van der Waals surface area contributed by atoms with Crippen molar-refractivity contribution >= 4 is 23.3 Å². The molecule has 0 spiro atoms. The molecule has 0 aliphatic carbocycles. The van der Waals surface area contributed by atoms with Gasteiger partial charge in [0.2, 0.25) is 0 Å². The van der Waals surface area contributed by atoms with E-state index in [1.807, 2.05) is 0 Å². The summed E-state index contributed by atoms with van der Waals surface area (Å²) in [5.41, 5.74) is 1.91. The topological polar surface area (TPSA) is 86.6 Å². The van der Waals surface area contributed by atoms with Crippen molar-refractivity contribution in [3.63, 3.8) is 0 Å². The number of benzene rings is 2. The highest BCUT2D eigenvalue weighted by Crippen LogP contribution is 2.30. The molecule has 0 saturated heterocycles. The highest BCUT2D eigenvalue weighted by atomic mass is 19.1. The molecule has 0 radical (unpaired) electrons. The van der Waals surface area contributed by atoms with Crippen molar-refractivity contribution in [3.8, 4) is 0 Å². The summed E-state index contributed by atoms with van der Waals surface area (Å²) >= 11 is 0. The normalized spacial score (nSPS) is 10.4. The summed E-state index contributed by atoms with van der Waals surface area (Å²) in [5.74, 6) is -2.79. The number of rotatable bonds is 4. The van der Waals surface area contributed by atoms with E-state index in [1.54, 1.807) is 13.8 Å². The SMILES string of the molecule is Cc1cc(F)ccc1Nc1cc(C)c(C(=O)O)c(C)c1C(=O)O. The minimum atomic E-state index is -1.23. The van der Waals surface area contributed by atoms with Gasteiger partial charge in [-0.3, -0.25) is 0 Å². The van der Waals surface area contributed by atoms with Gasteiger partial charge in [-0.15, -0.1) is 0 Å². The lowest BCUT2D eigenvalue weighted by atomic mass is 9.95. The Kier molecular flexibility index (Phi) is 4.36. The van der Waals surface area contributed by atoms with Gasteiger partial charge in [0.15, 0.2) is 0 Å². The van der Waals surface area contributed by atoms with E-state index in [9.17, 15) is 24.2 Å². The quantitative estimate of drug-likeness (QED) is 0.796. The van der Waals surface area contributed by atoms with Crippen LogP contribution in [-0.2, 0) is 0 Å². The average molecular weight is 317 g/mol. The summed E-state index contributed by atoms with van der Waals surface area (Å²) in [6, 6.07) is 5.57. The molecular formula is C17H16FNO4. The van der Waals surface area contributed by atoms with Gasteiger partial charge in [-0.25, -0.2) is 14.0 Å². The number of halogens is 1. The molecule has 3 N–H and O–H groups in total. The van der Waals surface area contributed by atoms with Crippen LogP contribution in [0.1, 0.15) is 37.4 Å².